The van der Waals surface area contributed by atoms with Crippen LogP contribution >= 0.6 is 23.1 Å². The van der Waals surface area contributed by atoms with Gasteiger partial charge in [0.1, 0.15) is 5.04 Å². The van der Waals surface area contributed by atoms with Crippen LogP contribution in [0.4, 0.5) is 0 Å². The predicted octanol–water partition coefficient (Wildman–Crippen LogP) is 3.72. The molecule has 1 amide bonds. The number of carbonyl (C=O) groups excluding carboxylic acids is 1. The summed E-state index contributed by atoms with van der Waals surface area (Å²) >= 11 is 2.83. The van der Waals surface area contributed by atoms with E-state index >= 15 is 0 Å². The first-order chi connectivity index (χ1) is 11.6. The van der Waals surface area contributed by atoms with Crippen LogP contribution in [-0.4, -0.2) is 27.0 Å². The SMILES string of the molecule is Cc1cccc(C2=NN3C(=N)/C(=C/c4cccs4)C(=O)N=C3S2)c1. The third-order valence-electron chi connectivity index (χ3n) is 3.55. The molecule has 0 fully saturated rings. The number of carbonyl (C=O) groups is 1. The van der Waals surface area contributed by atoms with Gasteiger partial charge in [0.15, 0.2) is 5.84 Å². The maximum Gasteiger partial charge on any atom is 0.283 e. The highest BCUT2D eigenvalue weighted by molar-refractivity contribution is 8.27. The maximum atomic E-state index is 12.3. The van der Waals surface area contributed by atoms with Crippen molar-refractivity contribution in [3.63, 3.8) is 0 Å². The Bertz CT molecular complexity index is 941. The van der Waals surface area contributed by atoms with Crippen molar-refractivity contribution in [1.82, 2.24) is 5.01 Å². The lowest BCUT2D eigenvalue weighted by molar-refractivity contribution is -0.114. The summed E-state index contributed by atoms with van der Waals surface area (Å²) in [6, 6.07) is 11.8. The summed E-state index contributed by atoms with van der Waals surface area (Å²) in [5.41, 5.74) is 2.35. The summed E-state index contributed by atoms with van der Waals surface area (Å²) in [6.07, 6.45) is 1.69. The number of benzene rings is 1. The number of rotatable bonds is 2. The van der Waals surface area contributed by atoms with Crippen molar-refractivity contribution in [3.05, 3.63) is 63.4 Å². The minimum Gasteiger partial charge on any atom is -0.282 e. The van der Waals surface area contributed by atoms with Gasteiger partial charge in [-0.2, -0.15) is 15.1 Å². The Hall–Kier alpha value is -2.51. The quantitative estimate of drug-likeness (QED) is 0.838. The topological polar surface area (TPSA) is 68.9 Å². The summed E-state index contributed by atoms with van der Waals surface area (Å²) in [6.45, 7) is 2.02. The van der Waals surface area contributed by atoms with Gasteiger partial charge in [-0.25, -0.2) is 0 Å². The van der Waals surface area contributed by atoms with E-state index in [-0.39, 0.29) is 11.4 Å². The largest absolute Gasteiger partial charge is 0.283 e. The number of nitrogens with one attached hydrogen (secondary N) is 1. The molecule has 0 bridgehead atoms. The average molecular weight is 352 g/mol. The second-order valence-electron chi connectivity index (χ2n) is 5.31. The number of fused-ring (bicyclic) bond motifs is 1. The van der Waals surface area contributed by atoms with E-state index < -0.39 is 5.91 Å². The number of hydrazone groups is 1. The molecule has 1 aromatic heterocycles. The van der Waals surface area contributed by atoms with Gasteiger partial charge < -0.3 is 0 Å². The van der Waals surface area contributed by atoms with E-state index in [0.717, 1.165) is 21.0 Å². The van der Waals surface area contributed by atoms with Crippen molar-refractivity contribution in [3.8, 4) is 0 Å². The third kappa shape index (κ3) is 2.61. The summed E-state index contributed by atoms with van der Waals surface area (Å²) in [7, 11) is 0. The molecule has 3 heterocycles. The number of aryl methyl sites for hydroxylation is 1. The van der Waals surface area contributed by atoms with E-state index in [2.05, 4.69) is 10.1 Å². The van der Waals surface area contributed by atoms with Crippen LogP contribution in [0.2, 0.25) is 0 Å². The number of thioether (sulfide) groups is 1. The molecule has 2 aliphatic rings. The van der Waals surface area contributed by atoms with Crippen LogP contribution in [0.25, 0.3) is 6.08 Å². The van der Waals surface area contributed by atoms with Gasteiger partial charge in [-0.15, -0.1) is 11.3 Å². The smallest absolute Gasteiger partial charge is 0.282 e. The average Bonchev–Trinajstić information content (AvgIpc) is 3.21. The number of hydrogen-bond acceptors (Lipinski definition) is 5. The number of thiophene rings is 1. The highest BCUT2D eigenvalue weighted by atomic mass is 32.2. The summed E-state index contributed by atoms with van der Waals surface area (Å²) in [4.78, 5) is 17.3. The zero-order valence-corrected chi connectivity index (χ0v) is 14.3. The van der Waals surface area contributed by atoms with Gasteiger partial charge in [-0.05, 0) is 42.3 Å². The molecule has 0 aliphatic carbocycles. The molecular weight excluding hydrogens is 340 g/mol. The zero-order chi connectivity index (χ0) is 16.7. The number of aliphatic imine (C=N–C) groups is 1. The highest BCUT2D eigenvalue weighted by Crippen LogP contribution is 2.31. The van der Waals surface area contributed by atoms with Gasteiger partial charge in [-0.3, -0.25) is 10.2 Å². The molecule has 0 radical (unpaired) electrons. The van der Waals surface area contributed by atoms with Crippen LogP contribution in [0.5, 0.6) is 0 Å². The summed E-state index contributed by atoms with van der Waals surface area (Å²) in [5, 5.41) is 17.4. The van der Waals surface area contributed by atoms with E-state index in [1.165, 1.54) is 28.1 Å². The Morgan fingerprint density at radius 2 is 2.12 bits per heavy atom. The molecule has 118 valence electrons. The number of amidine groups is 2. The Balaban J connectivity index is 1.71. The number of amides is 1. The lowest BCUT2D eigenvalue weighted by Crippen LogP contribution is -2.35. The van der Waals surface area contributed by atoms with Crippen LogP contribution in [-0.2, 0) is 4.79 Å². The normalized spacial score (nSPS) is 18.7. The first-order valence-electron chi connectivity index (χ1n) is 7.22. The molecule has 0 saturated heterocycles. The fourth-order valence-electron chi connectivity index (χ4n) is 2.40. The first kappa shape index (κ1) is 15.0. The summed E-state index contributed by atoms with van der Waals surface area (Å²) < 4.78 is 0. The fraction of sp³-hybridized carbons (Fsp3) is 0.0588. The van der Waals surface area contributed by atoms with Gasteiger partial charge in [0.25, 0.3) is 5.91 Å². The maximum absolute atomic E-state index is 12.3. The fourth-order valence-corrected chi connectivity index (χ4v) is 3.95. The summed E-state index contributed by atoms with van der Waals surface area (Å²) in [5.74, 6) is -0.332. The van der Waals surface area contributed by atoms with Crippen molar-refractivity contribution in [1.29, 1.82) is 5.41 Å². The van der Waals surface area contributed by atoms with Crippen molar-refractivity contribution in [2.75, 3.05) is 0 Å². The van der Waals surface area contributed by atoms with Crippen LogP contribution < -0.4 is 0 Å². The molecule has 1 N–H and O–H groups in total. The van der Waals surface area contributed by atoms with Crippen LogP contribution in [0.1, 0.15) is 16.0 Å². The molecule has 0 atom stereocenters. The molecule has 24 heavy (non-hydrogen) atoms. The minimum atomic E-state index is -0.396. The van der Waals surface area contributed by atoms with Crippen LogP contribution in [0.3, 0.4) is 0 Å². The van der Waals surface area contributed by atoms with Gasteiger partial charge in [0.2, 0.25) is 5.17 Å². The first-order valence-corrected chi connectivity index (χ1v) is 8.92. The standard InChI is InChI=1S/C17H12N4OS2/c1-10-4-2-5-11(8-10)16-20-21-14(18)13(9-12-6-3-7-23-12)15(22)19-17(21)24-16/h2-9,18H,1H3/b13-9-,18-14?. The second-order valence-corrected chi connectivity index (χ2v) is 7.25. The molecule has 1 aromatic carbocycles. The van der Waals surface area contributed by atoms with Crippen LogP contribution in [0.15, 0.2) is 57.4 Å². The van der Waals surface area contributed by atoms with Gasteiger partial charge in [0, 0.05) is 10.4 Å². The Morgan fingerprint density at radius 3 is 2.88 bits per heavy atom. The zero-order valence-electron chi connectivity index (χ0n) is 12.7. The second kappa shape index (κ2) is 5.85. The molecule has 2 aliphatic heterocycles. The lowest BCUT2D eigenvalue weighted by Gasteiger charge is -2.19. The van der Waals surface area contributed by atoms with Crippen molar-refractivity contribution >= 4 is 51.1 Å². The molecule has 5 nitrogen and oxygen atoms in total. The molecule has 0 saturated carbocycles. The van der Waals surface area contributed by atoms with E-state index in [1.807, 2.05) is 48.7 Å². The molecular formula is C17H12N4OS2. The predicted molar refractivity (Wildman–Crippen MR) is 99.6 cm³/mol. The molecule has 7 heteroatoms. The molecule has 0 unspecified atom stereocenters. The Morgan fingerprint density at radius 1 is 1.25 bits per heavy atom. The monoisotopic (exact) mass is 352 g/mol. The molecule has 0 spiro atoms. The van der Waals surface area contributed by atoms with Crippen molar-refractivity contribution in [2.24, 2.45) is 10.1 Å². The highest BCUT2D eigenvalue weighted by Gasteiger charge is 2.36. The van der Waals surface area contributed by atoms with E-state index in [0.29, 0.717) is 5.17 Å². The molecule has 4 rings (SSSR count). The number of hydrogen-bond donors (Lipinski definition) is 1. The molecule has 2 aromatic rings. The third-order valence-corrected chi connectivity index (χ3v) is 5.33. The van der Waals surface area contributed by atoms with Crippen molar-refractivity contribution in [2.45, 2.75) is 6.92 Å². The van der Waals surface area contributed by atoms with Gasteiger partial charge >= 0.3 is 0 Å². The van der Waals surface area contributed by atoms with E-state index in [1.54, 1.807) is 6.08 Å². The number of nitrogens with zero attached hydrogens (tertiary/aromatic N) is 3. The minimum absolute atomic E-state index is 0.0635. The van der Waals surface area contributed by atoms with Crippen molar-refractivity contribution < 1.29 is 4.79 Å². The van der Waals surface area contributed by atoms with Crippen LogP contribution in [0, 0.1) is 12.3 Å². The Kier molecular flexibility index (Phi) is 3.66. The van der Waals surface area contributed by atoms with Gasteiger partial charge in [-0.1, -0.05) is 29.8 Å². The van der Waals surface area contributed by atoms with E-state index in [9.17, 15) is 4.79 Å². The van der Waals surface area contributed by atoms with Gasteiger partial charge in [0.05, 0.1) is 5.57 Å². The lowest BCUT2D eigenvalue weighted by atomic mass is 10.1. The Labute approximate surface area is 146 Å². The van der Waals surface area contributed by atoms with E-state index in [4.69, 9.17) is 5.41 Å².